The second kappa shape index (κ2) is 11.3. The minimum Gasteiger partial charge on any atom is -0.466 e. The molecule has 178 valence electrons. The molecule has 14 heteroatoms. The summed E-state index contributed by atoms with van der Waals surface area (Å²) in [4.78, 5) is 58.8. The number of esters is 1. The fraction of sp³-hybridized carbons (Fsp3) is 0.474. The molecule has 1 atom stereocenters. The number of amides is 2. The van der Waals surface area contributed by atoms with Gasteiger partial charge in [0, 0.05) is 25.2 Å². The van der Waals surface area contributed by atoms with Crippen LogP contribution in [-0.4, -0.2) is 63.4 Å². The molecule has 2 N–H and O–H groups in total. The fourth-order valence-electron chi connectivity index (χ4n) is 2.96. The van der Waals surface area contributed by atoms with E-state index in [0.717, 1.165) is 18.2 Å². The molecule has 1 aromatic rings. The monoisotopic (exact) mass is 481 g/mol. The Balaban J connectivity index is 2.14. The molecule has 2 amide bonds. The first-order chi connectivity index (χ1) is 15.5. The van der Waals surface area contributed by atoms with Crippen molar-refractivity contribution in [3.05, 3.63) is 44.0 Å². The van der Waals surface area contributed by atoms with Gasteiger partial charge in [-0.25, -0.2) is 0 Å². The van der Waals surface area contributed by atoms with Gasteiger partial charge in [-0.2, -0.15) is 0 Å². The van der Waals surface area contributed by atoms with Crippen molar-refractivity contribution < 1.29 is 29.0 Å². The molecule has 2 rings (SSSR count). The van der Waals surface area contributed by atoms with Crippen LogP contribution in [0.15, 0.2) is 18.2 Å². The zero-order valence-electron chi connectivity index (χ0n) is 17.9. The Hall–Kier alpha value is -3.68. The average molecular weight is 481 g/mol. The maximum atomic E-state index is 12.6. The molecule has 1 saturated heterocycles. The van der Waals surface area contributed by atoms with E-state index in [1.54, 1.807) is 0 Å². The Bertz CT molecular complexity index is 951. The molecule has 13 nitrogen and oxygen atoms in total. The van der Waals surface area contributed by atoms with Gasteiger partial charge < -0.3 is 15.0 Å². The lowest BCUT2D eigenvalue weighted by Crippen LogP contribution is -2.60. The van der Waals surface area contributed by atoms with Crippen LogP contribution >= 0.6 is 12.2 Å². The predicted molar refractivity (Wildman–Crippen MR) is 118 cm³/mol. The highest BCUT2D eigenvalue weighted by atomic mass is 32.1. The van der Waals surface area contributed by atoms with Crippen LogP contribution < -0.4 is 10.6 Å². The minimum absolute atomic E-state index is 0.184. The lowest BCUT2D eigenvalue weighted by Gasteiger charge is -2.36. The van der Waals surface area contributed by atoms with Crippen molar-refractivity contribution in [2.45, 2.75) is 32.7 Å². The first-order valence-corrected chi connectivity index (χ1v) is 10.4. The number of ether oxygens (including phenoxy) is 1. The van der Waals surface area contributed by atoms with Crippen LogP contribution in [0.5, 0.6) is 0 Å². The van der Waals surface area contributed by atoms with Crippen LogP contribution in [0.3, 0.4) is 0 Å². The number of hydrogen-bond acceptors (Lipinski definition) is 9. The van der Waals surface area contributed by atoms with Gasteiger partial charge in [-0.05, 0) is 24.6 Å². The molecular weight excluding hydrogens is 458 g/mol. The van der Waals surface area contributed by atoms with E-state index < -0.39 is 45.0 Å². The number of carbonyl (C=O) groups excluding carboxylic acids is 3. The minimum atomic E-state index is -1.03. The summed E-state index contributed by atoms with van der Waals surface area (Å²) in [6.45, 7) is 4.54. The number of nitro groups is 2. The van der Waals surface area contributed by atoms with Crippen molar-refractivity contribution >= 4 is 46.5 Å². The third-order valence-corrected chi connectivity index (χ3v) is 5.05. The number of nitrogens with zero attached hydrogens (tertiary/aromatic N) is 3. The van der Waals surface area contributed by atoms with Gasteiger partial charge >= 0.3 is 5.97 Å². The summed E-state index contributed by atoms with van der Waals surface area (Å²) in [5.74, 6) is -1.69. The maximum absolute atomic E-state index is 12.6. The van der Waals surface area contributed by atoms with Crippen LogP contribution in [0.25, 0.3) is 0 Å². The number of carbonyl (C=O) groups is 3. The quantitative estimate of drug-likeness (QED) is 0.238. The van der Waals surface area contributed by atoms with Crippen molar-refractivity contribution in [2.24, 2.45) is 5.92 Å². The van der Waals surface area contributed by atoms with Crippen LogP contribution in [0, 0.1) is 26.1 Å². The van der Waals surface area contributed by atoms with Crippen LogP contribution in [0.2, 0.25) is 0 Å². The number of non-ortho nitro benzene ring substituents is 2. The molecule has 0 bridgehead atoms. The van der Waals surface area contributed by atoms with Crippen molar-refractivity contribution in [3.8, 4) is 0 Å². The standard InChI is InChI=1S/C19H23N5O8S/c1-11(2)3-6-32-16(25)10-15-18(27)20-4-5-22(15)19(33)21-17(26)12-7-13(23(28)29)9-14(8-12)24(30)31/h7-9,11,15H,3-6,10H2,1-2H3,(H,20,27)(H,21,26,33). The lowest BCUT2D eigenvalue weighted by molar-refractivity contribution is -0.394. The molecule has 1 heterocycles. The van der Waals surface area contributed by atoms with Gasteiger partial charge in [0.25, 0.3) is 17.3 Å². The highest BCUT2D eigenvalue weighted by Crippen LogP contribution is 2.23. The molecule has 0 aliphatic carbocycles. The Labute approximate surface area is 193 Å². The van der Waals surface area contributed by atoms with Crippen LogP contribution in [0.4, 0.5) is 11.4 Å². The smallest absolute Gasteiger partial charge is 0.308 e. The van der Waals surface area contributed by atoms with E-state index in [4.69, 9.17) is 17.0 Å². The van der Waals surface area contributed by atoms with E-state index in [1.807, 2.05) is 13.8 Å². The van der Waals surface area contributed by atoms with Gasteiger partial charge in [0.05, 0.1) is 34.5 Å². The predicted octanol–water partition coefficient (Wildman–Crippen LogP) is 1.30. The molecule has 0 saturated carbocycles. The van der Waals surface area contributed by atoms with E-state index in [2.05, 4.69) is 10.6 Å². The van der Waals surface area contributed by atoms with E-state index in [-0.39, 0.29) is 36.8 Å². The average Bonchev–Trinajstić information content (AvgIpc) is 2.74. The normalized spacial score (nSPS) is 15.5. The number of rotatable bonds is 8. The summed E-state index contributed by atoms with van der Waals surface area (Å²) in [6, 6.07) is 1.44. The van der Waals surface area contributed by atoms with Crippen molar-refractivity contribution in [1.29, 1.82) is 0 Å². The number of nitrogens with one attached hydrogen (secondary N) is 2. The molecule has 1 unspecified atom stereocenters. The zero-order chi connectivity index (χ0) is 24.7. The first-order valence-electron chi connectivity index (χ1n) is 9.98. The molecule has 0 aromatic heterocycles. The van der Waals surface area contributed by atoms with E-state index >= 15 is 0 Å². The summed E-state index contributed by atoms with van der Waals surface area (Å²) in [7, 11) is 0. The Kier molecular flexibility index (Phi) is 8.73. The highest BCUT2D eigenvalue weighted by molar-refractivity contribution is 7.80. The van der Waals surface area contributed by atoms with Gasteiger partial charge in [-0.15, -0.1) is 0 Å². The fourth-order valence-corrected chi connectivity index (χ4v) is 3.28. The van der Waals surface area contributed by atoms with Gasteiger partial charge in [0.1, 0.15) is 6.04 Å². The Morgan fingerprint density at radius 2 is 1.85 bits per heavy atom. The molecule has 1 fully saturated rings. The summed E-state index contributed by atoms with van der Waals surface area (Å²) in [5.41, 5.74) is -1.64. The number of hydrogen-bond donors (Lipinski definition) is 2. The number of benzene rings is 1. The third-order valence-electron chi connectivity index (χ3n) is 4.72. The Morgan fingerprint density at radius 3 is 2.39 bits per heavy atom. The molecule has 0 spiro atoms. The summed E-state index contributed by atoms with van der Waals surface area (Å²) < 4.78 is 5.15. The highest BCUT2D eigenvalue weighted by Gasteiger charge is 2.34. The maximum Gasteiger partial charge on any atom is 0.308 e. The molecule has 1 aliphatic rings. The molecule has 1 aromatic carbocycles. The van der Waals surface area contributed by atoms with Crippen LogP contribution in [0.1, 0.15) is 37.0 Å². The summed E-state index contributed by atoms with van der Waals surface area (Å²) in [5, 5.41) is 26.8. The first kappa shape index (κ1) is 25.6. The van der Waals surface area contributed by atoms with E-state index in [1.165, 1.54) is 4.90 Å². The van der Waals surface area contributed by atoms with Gasteiger partial charge in [0.2, 0.25) is 5.91 Å². The molecule has 0 radical (unpaired) electrons. The van der Waals surface area contributed by atoms with Crippen molar-refractivity contribution in [1.82, 2.24) is 15.5 Å². The Morgan fingerprint density at radius 1 is 1.24 bits per heavy atom. The third kappa shape index (κ3) is 7.17. The number of piperazine rings is 1. The number of nitro benzene ring substituents is 2. The number of thiocarbonyl (C=S) groups is 1. The van der Waals surface area contributed by atoms with Crippen molar-refractivity contribution in [2.75, 3.05) is 19.7 Å². The van der Waals surface area contributed by atoms with E-state index in [9.17, 15) is 34.6 Å². The van der Waals surface area contributed by atoms with Crippen molar-refractivity contribution in [3.63, 3.8) is 0 Å². The van der Waals surface area contributed by atoms with Gasteiger partial charge in [0.15, 0.2) is 5.11 Å². The zero-order valence-corrected chi connectivity index (χ0v) is 18.8. The van der Waals surface area contributed by atoms with E-state index in [0.29, 0.717) is 12.3 Å². The second-order valence-electron chi connectivity index (χ2n) is 7.62. The molecule has 33 heavy (non-hydrogen) atoms. The van der Waals surface area contributed by atoms with Crippen LogP contribution in [-0.2, 0) is 14.3 Å². The summed E-state index contributed by atoms with van der Waals surface area (Å²) in [6.07, 6.45) is 0.359. The second-order valence-corrected chi connectivity index (χ2v) is 8.01. The lowest BCUT2D eigenvalue weighted by atomic mass is 10.1. The molecule has 1 aliphatic heterocycles. The SMILES string of the molecule is CC(C)CCOC(=O)CC1C(=O)NCCN1C(=S)NC(=O)c1cc([N+](=O)[O-])cc([N+](=O)[O-])c1. The largest absolute Gasteiger partial charge is 0.466 e. The topological polar surface area (TPSA) is 174 Å². The molecular formula is C19H23N5O8S. The summed E-state index contributed by atoms with van der Waals surface area (Å²) >= 11 is 5.22. The van der Waals surface area contributed by atoms with Gasteiger partial charge in [-0.1, -0.05) is 13.8 Å². The van der Waals surface area contributed by atoms with Gasteiger partial charge in [-0.3, -0.25) is 39.9 Å².